The second-order valence-corrected chi connectivity index (χ2v) is 6.69. The summed E-state index contributed by atoms with van der Waals surface area (Å²) in [5.41, 5.74) is 2.50. The Balaban J connectivity index is 1.42. The Morgan fingerprint density at radius 3 is 2.47 bits per heavy atom. The number of nitrogens with zero attached hydrogens (tertiary/aromatic N) is 4. The van der Waals surface area contributed by atoms with E-state index in [0.29, 0.717) is 28.7 Å². The maximum Gasteiger partial charge on any atom is 0.255 e. The summed E-state index contributed by atoms with van der Waals surface area (Å²) in [4.78, 5) is 25.0. The molecule has 4 aromatic rings. The van der Waals surface area contributed by atoms with Gasteiger partial charge in [0.15, 0.2) is 0 Å². The van der Waals surface area contributed by atoms with Gasteiger partial charge in [0.25, 0.3) is 5.91 Å². The molecule has 2 aromatic carbocycles. The summed E-state index contributed by atoms with van der Waals surface area (Å²) >= 11 is 0. The lowest BCUT2D eigenvalue weighted by molar-refractivity contribution is 0.102. The fraction of sp³-hybridized carbons (Fsp3) is 0.130. The van der Waals surface area contributed by atoms with E-state index in [1.54, 1.807) is 36.5 Å². The van der Waals surface area contributed by atoms with Crippen LogP contribution >= 0.6 is 0 Å². The number of hydrogen-bond donors (Lipinski definition) is 1. The van der Waals surface area contributed by atoms with Gasteiger partial charge in [-0.15, -0.1) is 0 Å². The summed E-state index contributed by atoms with van der Waals surface area (Å²) in [6.45, 7) is 3.98. The number of aromatic nitrogens is 4. The molecule has 7 heteroatoms. The SMILES string of the molecule is CCc1ccc(C(=O)Nc2ccc(Oc3cc(-n4ccnc4C)ncn3)cc2)cc1. The molecule has 0 aliphatic rings. The molecule has 0 aliphatic heterocycles. The lowest BCUT2D eigenvalue weighted by Crippen LogP contribution is -2.11. The third-order valence-corrected chi connectivity index (χ3v) is 4.66. The fourth-order valence-electron chi connectivity index (χ4n) is 2.96. The summed E-state index contributed by atoms with van der Waals surface area (Å²) in [5.74, 6) is 2.37. The summed E-state index contributed by atoms with van der Waals surface area (Å²) < 4.78 is 7.68. The first-order chi connectivity index (χ1) is 14.6. The second kappa shape index (κ2) is 8.57. The molecule has 4 rings (SSSR count). The zero-order valence-electron chi connectivity index (χ0n) is 16.7. The molecule has 0 bridgehead atoms. The van der Waals surface area contributed by atoms with Crippen LogP contribution in [0.15, 0.2) is 73.3 Å². The van der Waals surface area contributed by atoms with E-state index in [9.17, 15) is 4.79 Å². The normalized spacial score (nSPS) is 10.6. The van der Waals surface area contributed by atoms with Gasteiger partial charge in [-0.3, -0.25) is 9.36 Å². The molecule has 1 N–H and O–H groups in total. The number of carbonyl (C=O) groups excluding carboxylic acids is 1. The van der Waals surface area contributed by atoms with Crippen molar-refractivity contribution in [2.45, 2.75) is 20.3 Å². The zero-order chi connectivity index (χ0) is 20.9. The number of aryl methyl sites for hydroxylation is 2. The van der Waals surface area contributed by atoms with Gasteiger partial charge in [-0.05, 0) is 55.3 Å². The lowest BCUT2D eigenvalue weighted by atomic mass is 10.1. The summed E-state index contributed by atoms with van der Waals surface area (Å²) in [7, 11) is 0. The van der Waals surface area contributed by atoms with Crippen molar-refractivity contribution in [1.29, 1.82) is 0 Å². The van der Waals surface area contributed by atoms with Crippen LogP contribution in [0.2, 0.25) is 0 Å². The topological polar surface area (TPSA) is 81.9 Å². The highest BCUT2D eigenvalue weighted by Crippen LogP contribution is 2.23. The van der Waals surface area contributed by atoms with E-state index in [4.69, 9.17) is 4.74 Å². The van der Waals surface area contributed by atoms with Gasteiger partial charge < -0.3 is 10.1 Å². The van der Waals surface area contributed by atoms with E-state index >= 15 is 0 Å². The van der Waals surface area contributed by atoms with Gasteiger partial charge in [0.2, 0.25) is 5.88 Å². The number of benzene rings is 2. The van der Waals surface area contributed by atoms with Crippen molar-refractivity contribution < 1.29 is 9.53 Å². The monoisotopic (exact) mass is 399 g/mol. The lowest BCUT2D eigenvalue weighted by Gasteiger charge is -2.09. The average Bonchev–Trinajstić information content (AvgIpc) is 3.21. The molecule has 150 valence electrons. The maximum atomic E-state index is 12.4. The molecule has 30 heavy (non-hydrogen) atoms. The molecule has 0 saturated heterocycles. The van der Waals surface area contributed by atoms with E-state index in [1.807, 2.05) is 42.0 Å². The summed E-state index contributed by atoms with van der Waals surface area (Å²) in [6, 6.07) is 16.5. The Morgan fingerprint density at radius 2 is 1.80 bits per heavy atom. The zero-order valence-corrected chi connectivity index (χ0v) is 16.7. The van der Waals surface area contributed by atoms with Gasteiger partial charge in [0, 0.05) is 29.7 Å². The van der Waals surface area contributed by atoms with Crippen molar-refractivity contribution in [3.8, 4) is 17.4 Å². The third kappa shape index (κ3) is 4.35. The van der Waals surface area contributed by atoms with E-state index in [2.05, 4.69) is 27.2 Å². The van der Waals surface area contributed by atoms with E-state index in [0.717, 1.165) is 12.2 Å². The summed E-state index contributed by atoms with van der Waals surface area (Å²) in [5, 5.41) is 2.89. The third-order valence-electron chi connectivity index (χ3n) is 4.66. The molecule has 0 spiro atoms. The molecule has 2 aromatic heterocycles. The molecule has 0 radical (unpaired) electrons. The molecule has 0 atom stereocenters. The first-order valence-electron chi connectivity index (χ1n) is 9.63. The molecule has 0 fully saturated rings. The average molecular weight is 399 g/mol. The van der Waals surface area contributed by atoms with Crippen LogP contribution in [0, 0.1) is 6.92 Å². The highest BCUT2D eigenvalue weighted by Gasteiger charge is 2.08. The van der Waals surface area contributed by atoms with Crippen molar-refractivity contribution in [3.63, 3.8) is 0 Å². The molecule has 0 aliphatic carbocycles. The van der Waals surface area contributed by atoms with Crippen molar-refractivity contribution >= 4 is 11.6 Å². The first-order valence-corrected chi connectivity index (χ1v) is 9.63. The number of carbonyl (C=O) groups is 1. The number of anilines is 1. The standard InChI is InChI=1S/C23H21N5O2/c1-3-17-4-6-18(7-5-17)23(29)27-19-8-10-20(11-9-19)30-22-14-21(25-15-26-22)28-13-12-24-16(28)2/h4-15H,3H2,1-2H3,(H,27,29). The summed E-state index contributed by atoms with van der Waals surface area (Å²) in [6.07, 6.45) is 5.93. The predicted molar refractivity (Wildman–Crippen MR) is 114 cm³/mol. The highest BCUT2D eigenvalue weighted by molar-refractivity contribution is 6.04. The van der Waals surface area contributed by atoms with Gasteiger partial charge in [0.1, 0.15) is 23.7 Å². The number of imidazole rings is 1. The minimum absolute atomic E-state index is 0.150. The number of amides is 1. The molecule has 7 nitrogen and oxygen atoms in total. The number of ether oxygens (including phenoxy) is 1. The van der Waals surface area contributed by atoms with Crippen LogP contribution < -0.4 is 10.1 Å². The fourth-order valence-corrected chi connectivity index (χ4v) is 2.96. The minimum Gasteiger partial charge on any atom is -0.439 e. The van der Waals surface area contributed by atoms with Crippen molar-refractivity contribution in [2.75, 3.05) is 5.32 Å². The van der Waals surface area contributed by atoms with Crippen molar-refractivity contribution in [3.05, 3.63) is 90.3 Å². The number of hydrogen-bond acceptors (Lipinski definition) is 5. The van der Waals surface area contributed by atoms with Gasteiger partial charge in [-0.2, -0.15) is 0 Å². The molecular weight excluding hydrogens is 378 g/mol. The van der Waals surface area contributed by atoms with Crippen LogP contribution in [0.1, 0.15) is 28.7 Å². The Morgan fingerprint density at radius 1 is 1.03 bits per heavy atom. The Hall–Kier alpha value is -4.00. The second-order valence-electron chi connectivity index (χ2n) is 6.69. The van der Waals surface area contributed by atoms with Gasteiger partial charge in [-0.25, -0.2) is 15.0 Å². The minimum atomic E-state index is -0.150. The molecule has 2 heterocycles. The Kier molecular flexibility index (Phi) is 5.52. The first kappa shape index (κ1) is 19.3. The molecule has 0 saturated carbocycles. The quantitative estimate of drug-likeness (QED) is 0.513. The van der Waals surface area contributed by atoms with E-state index in [-0.39, 0.29) is 5.91 Å². The van der Waals surface area contributed by atoms with Crippen molar-refractivity contribution in [1.82, 2.24) is 19.5 Å². The molecule has 1 amide bonds. The van der Waals surface area contributed by atoms with Gasteiger partial charge in [0.05, 0.1) is 0 Å². The van der Waals surface area contributed by atoms with Crippen LogP contribution in [0.3, 0.4) is 0 Å². The largest absolute Gasteiger partial charge is 0.439 e. The number of nitrogens with one attached hydrogen (secondary N) is 1. The van der Waals surface area contributed by atoms with Crippen LogP contribution in [0.4, 0.5) is 5.69 Å². The smallest absolute Gasteiger partial charge is 0.255 e. The Labute approximate surface area is 174 Å². The van der Waals surface area contributed by atoms with Crippen molar-refractivity contribution in [2.24, 2.45) is 0 Å². The Bertz CT molecular complexity index is 1150. The van der Waals surface area contributed by atoms with Crippen LogP contribution in [-0.4, -0.2) is 25.4 Å². The van der Waals surface area contributed by atoms with Gasteiger partial charge >= 0.3 is 0 Å². The van der Waals surface area contributed by atoms with Crippen LogP contribution in [0.25, 0.3) is 5.82 Å². The van der Waals surface area contributed by atoms with E-state index < -0.39 is 0 Å². The number of rotatable bonds is 6. The maximum absolute atomic E-state index is 12.4. The predicted octanol–water partition coefficient (Wildman–Crippen LogP) is 4.58. The highest BCUT2D eigenvalue weighted by atomic mass is 16.5. The molecule has 0 unspecified atom stereocenters. The van der Waals surface area contributed by atoms with Crippen LogP contribution in [0.5, 0.6) is 11.6 Å². The van der Waals surface area contributed by atoms with Crippen LogP contribution in [-0.2, 0) is 6.42 Å². The van der Waals surface area contributed by atoms with Gasteiger partial charge in [-0.1, -0.05) is 19.1 Å². The van der Waals surface area contributed by atoms with E-state index in [1.165, 1.54) is 11.9 Å². The molecular formula is C23H21N5O2.